The van der Waals surface area contributed by atoms with E-state index >= 15 is 0 Å². The molecule has 3 rings (SSSR count). The van der Waals surface area contributed by atoms with Crippen LogP contribution in [0.4, 0.5) is 0 Å². The molecule has 146 valence electrons. The molecule has 0 radical (unpaired) electrons. The van der Waals surface area contributed by atoms with Gasteiger partial charge in [0.25, 0.3) is 0 Å². The number of rotatable bonds is 5. The summed E-state index contributed by atoms with van der Waals surface area (Å²) in [5, 5.41) is 8.82. The van der Waals surface area contributed by atoms with Crippen LogP contribution >= 0.6 is 0 Å². The van der Waals surface area contributed by atoms with Gasteiger partial charge < -0.3 is 14.4 Å². The second-order valence-electron chi connectivity index (χ2n) is 6.73. The van der Waals surface area contributed by atoms with Crippen molar-refractivity contribution < 1.29 is 22.7 Å². The van der Waals surface area contributed by atoms with Crippen molar-refractivity contribution in [1.29, 1.82) is 5.26 Å². The summed E-state index contributed by atoms with van der Waals surface area (Å²) >= 11 is 0. The lowest BCUT2D eigenvalue weighted by Gasteiger charge is -2.34. The number of likely N-dealkylation sites (tertiary alicyclic amines) is 1. The van der Waals surface area contributed by atoms with Gasteiger partial charge in [0.15, 0.2) is 6.29 Å². The molecule has 2 fully saturated rings. The van der Waals surface area contributed by atoms with Gasteiger partial charge in [0, 0.05) is 26.1 Å². The average molecular weight is 393 g/mol. The fraction of sp³-hybridized carbons (Fsp3) is 0.556. The van der Waals surface area contributed by atoms with Crippen molar-refractivity contribution in [2.75, 3.05) is 39.9 Å². The van der Waals surface area contributed by atoms with E-state index in [0.29, 0.717) is 31.9 Å². The van der Waals surface area contributed by atoms with Crippen LogP contribution in [0.5, 0.6) is 0 Å². The number of hydrogen-bond acceptors (Lipinski definition) is 6. The minimum Gasteiger partial charge on any atom is -0.350 e. The number of amides is 1. The first kappa shape index (κ1) is 19.8. The zero-order valence-electron chi connectivity index (χ0n) is 15.2. The Bertz CT molecular complexity index is 804. The number of carbonyl (C=O) groups is 1. The number of ether oxygens (including phenoxy) is 2. The lowest BCUT2D eigenvalue weighted by atomic mass is 9.96. The Hall–Kier alpha value is -1.99. The third-order valence-corrected chi connectivity index (χ3v) is 6.79. The summed E-state index contributed by atoms with van der Waals surface area (Å²) < 4.78 is 37.3. The molecule has 0 bridgehead atoms. The van der Waals surface area contributed by atoms with Crippen LogP contribution in [-0.2, 0) is 24.3 Å². The summed E-state index contributed by atoms with van der Waals surface area (Å²) in [5.41, 5.74) is 0.380. The largest absolute Gasteiger partial charge is 0.350 e. The molecule has 0 unspecified atom stereocenters. The molecule has 2 saturated heterocycles. The summed E-state index contributed by atoms with van der Waals surface area (Å²) in [6.45, 7) is 2.14. The molecule has 1 aromatic carbocycles. The minimum absolute atomic E-state index is 0.0611. The summed E-state index contributed by atoms with van der Waals surface area (Å²) in [6, 6.07) is 7.59. The lowest BCUT2D eigenvalue weighted by molar-refractivity contribution is -0.136. The molecule has 0 N–H and O–H groups in total. The SMILES string of the molecule is CN(CC(=O)N1CCC(C2OCCO2)CC1)S(=O)(=O)c1ccc(C#N)cc1. The molecule has 1 amide bonds. The lowest BCUT2D eigenvalue weighted by Crippen LogP contribution is -2.46. The van der Waals surface area contributed by atoms with Crippen LogP contribution in [-0.4, -0.2) is 69.7 Å². The van der Waals surface area contributed by atoms with Crippen molar-refractivity contribution >= 4 is 15.9 Å². The van der Waals surface area contributed by atoms with Gasteiger partial charge in [-0.2, -0.15) is 9.57 Å². The van der Waals surface area contributed by atoms with Gasteiger partial charge in [-0.3, -0.25) is 4.79 Å². The first-order chi connectivity index (χ1) is 12.9. The van der Waals surface area contributed by atoms with Gasteiger partial charge in [0.1, 0.15) is 0 Å². The molecule has 2 aliphatic rings. The summed E-state index contributed by atoms with van der Waals surface area (Å²) in [6.07, 6.45) is 1.38. The number of benzene rings is 1. The molecule has 0 atom stereocenters. The number of piperidine rings is 1. The highest BCUT2D eigenvalue weighted by Gasteiger charge is 2.33. The highest BCUT2D eigenvalue weighted by Crippen LogP contribution is 2.26. The molecule has 27 heavy (non-hydrogen) atoms. The second-order valence-corrected chi connectivity index (χ2v) is 8.77. The number of likely N-dealkylation sites (N-methyl/N-ethyl adjacent to an activating group) is 1. The van der Waals surface area contributed by atoms with Crippen molar-refractivity contribution in [1.82, 2.24) is 9.21 Å². The molecule has 0 aromatic heterocycles. The van der Waals surface area contributed by atoms with Crippen LogP contribution in [0.15, 0.2) is 29.2 Å². The van der Waals surface area contributed by atoms with Crippen LogP contribution in [0.1, 0.15) is 18.4 Å². The predicted molar refractivity (Wildman–Crippen MR) is 96.0 cm³/mol. The third kappa shape index (κ3) is 4.47. The van der Waals surface area contributed by atoms with Crippen LogP contribution in [0, 0.1) is 17.2 Å². The maximum Gasteiger partial charge on any atom is 0.243 e. The van der Waals surface area contributed by atoms with Crippen molar-refractivity contribution in [2.24, 2.45) is 5.92 Å². The van der Waals surface area contributed by atoms with E-state index in [9.17, 15) is 13.2 Å². The predicted octanol–water partition coefficient (Wildman–Crippen LogP) is 0.790. The monoisotopic (exact) mass is 393 g/mol. The highest BCUT2D eigenvalue weighted by atomic mass is 32.2. The number of nitriles is 1. The van der Waals surface area contributed by atoms with E-state index in [1.165, 1.54) is 31.3 Å². The van der Waals surface area contributed by atoms with E-state index in [1.807, 2.05) is 6.07 Å². The summed E-state index contributed by atoms with van der Waals surface area (Å²) in [7, 11) is -2.40. The zero-order valence-corrected chi connectivity index (χ0v) is 16.0. The summed E-state index contributed by atoms with van der Waals surface area (Å²) in [4.78, 5) is 14.3. The number of nitrogens with zero attached hydrogens (tertiary/aromatic N) is 3. The molecule has 0 saturated carbocycles. The Morgan fingerprint density at radius 1 is 1.22 bits per heavy atom. The number of hydrogen-bond donors (Lipinski definition) is 0. The van der Waals surface area contributed by atoms with Crippen molar-refractivity contribution in [3.05, 3.63) is 29.8 Å². The molecule has 2 heterocycles. The van der Waals surface area contributed by atoms with Crippen molar-refractivity contribution in [3.63, 3.8) is 0 Å². The van der Waals surface area contributed by atoms with E-state index in [-0.39, 0.29) is 29.6 Å². The molecule has 0 spiro atoms. The first-order valence-electron chi connectivity index (χ1n) is 8.89. The van der Waals surface area contributed by atoms with Gasteiger partial charge in [0.2, 0.25) is 15.9 Å². The molecule has 1 aromatic rings. The smallest absolute Gasteiger partial charge is 0.243 e. The second kappa shape index (κ2) is 8.35. The molecular weight excluding hydrogens is 370 g/mol. The quantitative estimate of drug-likeness (QED) is 0.733. The Morgan fingerprint density at radius 2 is 1.81 bits per heavy atom. The molecule has 2 aliphatic heterocycles. The van der Waals surface area contributed by atoms with Crippen molar-refractivity contribution in [2.45, 2.75) is 24.0 Å². The topological polar surface area (TPSA) is 99.9 Å². The van der Waals surface area contributed by atoms with E-state index in [2.05, 4.69) is 0 Å². The molecule has 0 aliphatic carbocycles. The standard InChI is InChI=1S/C18H23N3O5S/c1-20(27(23,24)16-4-2-14(12-19)3-5-16)13-17(22)21-8-6-15(7-9-21)18-25-10-11-26-18/h2-5,15,18H,6-11,13H2,1H3. The van der Waals surface area contributed by atoms with Gasteiger partial charge in [-0.1, -0.05) is 0 Å². The number of sulfonamides is 1. The van der Waals surface area contributed by atoms with Crippen molar-refractivity contribution in [3.8, 4) is 6.07 Å². The fourth-order valence-electron chi connectivity index (χ4n) is 3.33. The van der Waals surface area contributed by atoms with Crippen LogP contribution < -0.4 is 0 Å². The Morgan fingerprint density at radius 3 is 2.37 bits per heavy atom. The molecule has 9 heteroatoms. The fourth-order valence-corrected chi connectivity index (χ4v) is 4.45. The maximum absolute atomic E-state index is 12.6. The highest BCUT2D eigenvalue weighted by molar-refractivity contribution is 7.89. The summed E-state index contributed by atoms with van der Waals surface area (Å²) in [5.74, 6) is 0.0538. The van der Waals surface area contributed by atoms with E-state index in [1.54, 1.807) is 4.90 Å². The van der Waals surface area contributed by atoms with Gasteiger partial charge in [-0.05, 0) is 37.1 Å². The van der Waals surface area contributed by atoms with E-state index in [0.717, 1.165) is 17.1 Å². The Labute approximate surface area is 159 Å². The number of carbonyl (C=O) groups excluding carboxylic acids is 1. The Kier molecular flexibility index (Phi) is 6.11. The Balaban J connectivity index is 1.56. The van der Waals surface area contributed by atoms with Gasteiger partial charge in [0.05, 0.1) is 36.3 Å². The average Bonchev–Trinajstić information content (AvgIpc) is 3.23. The normalized spacial score (nSPS) is 19.4. The van der Waals surface area contributed by atoms with Gasteiger partial charge in [-0.15, -0.1) is 0 Å². The zero-order chi connectivity index (χ0) is 19.4. The van der Waals surface area contributed by atoms with Gasteiger partial charge >= 0.3 is 0 Å². The molecular formula is C18H23N3O5S. The van der Waals surface area contributed by atoms with Crippen LogP contribution in [0.2, 0.25) is 0 Å². The third-order valence-electron chi connectivity index (χ3n) is 4.97. The van der Waals surface area contributed by atoms with Crippen LogP contribution in [0.25, 0.3) is 0 Å². The molecule has 8 nitrogen and oxygen atoms in total. The maximum atomic E-state index is 12.6. The van der Waals surface area contributed by atoms with Crippen LogP contribution in [0.3, 0.4) is 0 Å². The first-order valence-corrected chi connectivity index (χ1v) is 10.3. The minimum atomic E-state index is -3.79. The van der Waals surface area contributed by atoms with E-state index in [4.69, 9.17) is 14.7 Å². The van der Waals surface area contributed by atoms with E-state index < -0.39 is 10.0 Å². The van der Waals surface area contributed by atoms with Gasteiger partial charge in [-0.25, -0.2) is 8.42 Å².